The molecule has 0 amide bonds. The fourth-order valence-electron chi connectivity index (χ4n) is 4.52. The average Bonchev–Trinajstić information content (AvgIpc) is 3.19. The minimum absolute atomic E-state index is 0.979. The van der Waals surface area contributed by atoms with Gasteiger partial charge in [0.15, 0.2) is 8.07 Å². The molecule has 28 heavy (non-hydrogen) atoms. The number of hydrogen-bond acceptors (Lipinski definition) is 1. The van der Waals surface area contributed by atoms with Gasteiger partial charge >= 0.3 is 0 Å². The van der Waals surface area contributed by atoms with Crippen LogP contribution in [0, 0.1) is 0 Å². The zero-order valence-corrected chi connectivity index (χ0v) is 17.7. The average molecular weight is 382 g/mol. The van der Waals surface area contributed by atoms with Gasteiger partial charge in [-0.25, -0.2) is 0 Å². The van der Waals surface area contributed by atoms with Crippen molar-refractivity contribution in [3.05, 3.63) is 114 Å². The van der Waals surface area contributed by atoms with Crippen LogP contribution in [0.2, 0.25) is 0 Å². The van der Waals surface area contributed by atoms with Gasteiger partial charge in [-0.3, -0.25) is 0 Å². The van der Waals surface area contributed by atoms with Crippen molar-refractivity contribution in [2.75, 3.05) is 20.6 Å². The van der Waals surface area contributed by atoms with E-state index >= 15 is 0 Å². The Morgan fingerprint density at radius 2 is 1.11 bits per heavy atom. The van der Waals surface area contributed by atoms with Crippen molar-refractivity contribution in [1.29, 1.82) is 0 Å². The predicted octanol–water partition coefficient (Wildman–Crippen LogP) is 3.51. The molecule has 1 nitrogen and oxygen atoms in total. The Hall–Kier alpha value is -2.68. The van der Waals surface area contributed by atoms with Gasteiger partial charge in [-0.15, -0.1) is 0 Å². The fraction of sp³-hybridized carbons (Fsp3) is 0.154. The zero-order chi connectivity index (χ0) is 19.4. The topological polar surface area (TPSA) is 3.24 Å². The van der Waals surface area contributed by atoms with Gasteiger partial charge in [0.25, 0.3) is 0 Å². The first-order chi connectivity index (χ1) is 13.7. The van der Waals surface area contributed by atoms with Crippen LogP contribution in [0.4, 0.5) is 0 Å². The van der Waals surface area contributed by atoms with Crippen LogP contribution in [0.3, 0.4) is 0 Å². The predicted molar refractivity (Wildman–Crippen MR) is 123 cm³/mol. The molecule has 0 saturated carbocycles. The molecule has 0 bridgehead atoms. The van der Waals surface area contributed by atoms with E-state index in [1.165, 1.54) is 21.1 Å². The maximum atomic E-state index is 2.35. The Morgan fingerprint density at radius 1 is 0.679 bits per heavy atom. The van der Waals surface area contributed by atoms with Crippen LogP contribution >= 0.6 is 0 Å². The van der Waals surface area contributed by atoms with Gasteiger partial charge in [0, 0.05) is 6.54 Å². The number of allylic oxidation sites excluding steroid dienone is 2. The minimum Gasteiger partial charge on any atom is -0.305 e. The van der Waals surface area contributed by atoms with Gasteiger partial charge in [0.1, 0.15) is 0 Å². The van der Waals surface area contributed by atoms with E-state index in [0.717, 1.165) is 13.0 Å². The highest BCUT2D eigenvalue weighted by atomic mass is 28.3. The van der Waals surface area contributed by atoms with Gasteiger partial charge in [-0.1, -0.05) is 108 Å². The van der Waals surface area contributed by atoms with Crippen LogP contribution in [0.5, 0.6) is 0 Å². The van der Waals surface area contributed by atoms with E-state index in [9.17, 15) is 0 Å². The molecule has 0 aromatic heterocycles. The van der Waals surface area contributed by atoms with Crippen molar-refractivity contribution in [2.45, 2.75) is 6.42 Å². The summed E-state index contributed by atoms with van der Waals surface area (Å²) in [6.07, 6.45) is 5.74. The van der Waals surface area contributed by atoms with Crippen LogP contribution < -0.4 is 15.6 Å². The van der Waals surface area contributed by atoms with Crippen molar-refractivity contribution < 1.29 is 0 Å². The summed E-state index contributed by atoms with van der Waals surface area (Å²) >= 11 is 0. The first kappa shape index (κ1) is 18.7. The second-order valence-electron chi connectivity index (χ2n) is 7.70. The molecular formula is C26H27NSi. The lowest BCUT2D eigenvalue weighted by molar-refractivity contribution is 0.448. The third-order valence-electron chi connectivity index (χ3n) is 5.59. The molecule has 2 heteroatoms. The van der Waals surface area contributed by atoms with Crippen LogP contribution in [0.15, 0.2) is 114 Å². The molecule has 0 N–H and O–H groups in total. The molecule has 3 aromatic carbocycles. The molecule has 0 unspecified atom stereocenters. The van der Waals surface area contributed by atoms with E-state index in [-0.39, 0.29) is 0 Å². The van der Waals surface area contributed by atoms with Crippen molar-refractivity contribution in [3.63, 3.8) is 0 Å². The summed E-state index contributed by atoms with van der Waals surface area (Å²) in [4.78, 5) is 2.28. The highest BCUT2D eigenvalue weighted by Crippen LogP contribution is 2.29. The van der Waals surface area contributed by atoms with Crippen LogP contribution in [0.1, 0.15) is 6.42 Å². The zero-order valence-electron chi connectivity index (χ0n) is 16.7. The second kappa shape index (κ2) is 8.13. The molecule has 1 aliphatic rings. The van der Waals surface area contributed by atoms with Crippen LogP contribution in [-0.2, 0) is 0 Å². The summed E-state index contributed by atoms with van der Waals surface area (Å²) in [6, 6.07) is 33.6. The number of hydrogen-bond donors (Lipinski definition) is 0. The molecule has 0 radical (unpaired) electrons. The Balaban J connectivity index is 2.08. The molecular weight excluding hydrogens is 354 g/mol. The summed E-state index contributed by atoms with van der Waals surface area (Å²) in [6.45, 7) is 0.979. The fourth-order valence-corrected chi connectivity index (χ4v) is 9.71. The first-order valence-electron chi connectivity index (χ1n) is 9.93. The lowest BCUT2D eigenvalue weighted by Gasteiger charge is -2.36. The highest BCUT2D eigenvalue weighted by molar-refractivity contribution is 7.16. The Kier molecular flexibility index (Phi) is 5.42. The molecule has 0 spiro atoms. The quantitative estimate of drug-likeness (QED) is 0.466. The van der Waals surface area contributed by atoms with E-state index in [0.29, 0.717) is 0 Å². The molecule has 3 aromatic rings. The van der Waals surface area contributed by atoms with E-state index < -0.39 is 8.07 Å². The Labute approximate surface area is 169 Å². The normalized spacial score (nSPS) is 14.1. The molecule has 0 heterocycles. The van der Waals surface area contributed by atoms with Crippen LogP contribution in [-0.4, -0.2) is 33.6 Å². The third kappa shape index (κ3) is 3.30. The maximum Gasteiger partial charge on any atom is 0.176 e. The number of likely N-dealkylation sites (N-methyl/N-ethyl adjacent to an activating group) is 1. The Bertz CT molecular complexity index is 876. The summed E-state index contributed by atoms with van der Waals surface area (Å²) < 4.78 is 0. The largest absolute Gasteiger partial charge is 0.305 e. The number of nitrogens with zero attached hydrogens (tertiary/aromatic N) is 1. The van der Waals surface area contributed by atoms with Gasteiger partial charge in [-0.05, 0) is 41.6 Å². The summed E-state index contributed by atoms with van der Waals surface area (Å²) in [5, 5.41) is 6.00. The molecule has 140 valence electrons. The first-order valence-corrected chi connectivity index (χ1v) is 11.9. The molecule has 0 aliphatic heterocycles. The summed E-state index contributed by atoms with van der Waals surface area (Å²) in [5.74, 6) is 0. The lowest BCUT2D eigenvalue weighted by atomic mass is 10.3. The van der Waals surface area contributed by atoms with Crippen molar-refractivity contribution in [3.8, 4) is 0 Å². The Morgan fingerprint density at radius 3 is 1.50 bits per heavy atom. The lowest BCUT2D eigenvalue weighted by Crippen LogP contribution is -2.68. The minimum atomic E-state index is -2.33. The molecule has 0 atom stereocenters. The van der Waals surface area contributed by atoms with Gasteiger partial charge in [0.2, 0.25) is 0 Å². The molecule has 0 saturated heterocycles. The van der Waals surface area contributed by atoms with Crippen molar-refractivity contribution in [2.24, 2.45) is 0 Å². The second-order valence-corrected chi connectivity index (χ2v) is 11.5. The van der Waals surface area contributed by atoms with E-state index in [1.807, 2.05) is 0 Å². The monoisotopic (exact) mass is 381 g/mol. The van der Waals surface area contributed by atoms with Crippen molar-refractivity contribution >= 4 is 23.6 Å². The van der Waals surface area contributed by atoms with Crippen molar-refractivity contribution in [1.82, 2.24) is 4.90 Å². The molecule has 4 rings (SSSR count). The van der Waals surface area contributed by atoms with Gasteiger partial charge in [0.05, 0.1) is 0 Å². The SMILES string of the molecule is CN(C)CC1=C([Si](c2ccccc2)(c2ccccc2)c2ccccc2)CC=C1. The smallest absolute Gasteiger partial charge is 0.176 e. The number of benzene rings is 3. The summed E-state index contributed by atoms with van der Waals surface area (Å²) in [5.41, 5.74) is 1.48. The number of rotatable bonds is 6. The molecule has 0 fully saturated rings. The highest BCUT2D eigenvalue weighted by Gasteiger charge is 2.44. The third-order valence-corrected chi connectivity index (χ3v) is 10.6. The standard InChI is InChI=1S/C26H27NSi/c1-27(2)21-22-13-12-20-26(22)28(23-14-6-3-7-15-23,24-16-8-4-9-17-24)25-18-10-5-11-19-25/h3-19H,20-21H2,1-2H3. The maximum absolute atomic E-state index is 2.35. The van der Waals surface area contributed by atoms with E-state index in [1.54, 1.807) is 5.20 Å². The van der Waals surface area contributed by atoms with E-state index in [2.05, 4.69) is 122 Å². The van der Waals surface area contributed by atoms with Gasteiger partial charge < -0.3 is 4.90 Å². The van der Waals surface area contributed by atoms with Crippen LogP contribution in [0.25, 0.3) is 0 Å². The van der Waals surface area contributed by atoms with Gasteiger partial charge in [-0.2, -0.15) is 0 Å². The molecule has 1 aliphatic carbocycles. The summed E-state index contributed by atoms with van der Waals surface area (Å²) in [7, 11) is 1.99. The van der Waals surface area contributed by atoms with E-state index in [4.69, 9.17) is 0 Å².